The number of hydrogen-bond donors (Lipinski definition) is 1. The number of aliphatic carboxylic acids is 1. The smallest absolute Gasteiger partial charge is 0.332 e. The van der Waals surface area contributed by atoms with Gasteiger partial charge in [0, 0.05) is 30.8 Å². The van der Waals surface area contributed by atoms with Gasteiger partial charge in [-0.1, -0.05) is 42.5 Å². The molecule has 124 valence electrons. The summed E-state index contributed by atoms with van der Waals surface area (Å²) in [4.78, 5) is 13.3. The molecule has 0 saturated carbocycles. The van der Waals surface area contributed by atoms with Crippen molar-refractivity contribution in [3.8, 4) is 0 Å². The minimum atomic E-state index is -0.809. The molecule has 2 heterocycles. The lowest BCUT2D eigenvalue weighted by atomic mass is 10.0. The van der Waals surface area contributed by atoms with Crippen molar-refractivity contribution >= 4 is 11.5 Å². The molecule has 0 radical (unpaired) electrons. The molecule has 0 spiro atoms. The van der Waals surface area contributed by atoms with Crippen molar-refractivity contribution in [2.45, 2.75) is 12.8 Å². The van der Waals surface area contributed by atoms with E-state index in [-0.39, 0.29) is 0 Å². The van der Waals surface area contributed by atoms with Crippen molar-refractivity contribution < 1.29 is 14.3 Å². The number of rotatable bonds is 6. The first-order valence-electron chi connectivity index (χ1n) is 8.18. The van der Waals surface area contributed by atoms with E-state index in [2.05, 4.69) is 23.1 Å². The molecule has 2 aromatic rings. The summed E-state index contributed by atoms with van der Waals surface area (Å²) in [6.07, 6.45) is 7.33. The molecular weight excluding hydrogens is 302 g/mol. The van der Waals surface area contributed by atoms with Gasteiger partial charge in [-0.15, -0.1) is 0 Å². The molecule has 24 heavy (non-hydrogen) atoms. The molecular formula is C20H21NO3. The minimum absolute atomic E-state index is 0.500. The average molecular weight is 323 g/mol. The van der Waals surface area contributed by atoms with Gasteiger partial charge in [0.1, 0.15) is 5.76 Å². The monoisotopic (exact) mass is 323 g/mol. The van der Waals surface area contributed by atoms with E-state index in [1.54, 1.807) is 6.26 Å². The SMILES string of the molecule is O=C(O)C1=CCCN(CCC=C(c2ccccc2)c2ccco2)C1. The second-order valence-electron chi connectivity index (χ2n) is 5.85. The Morgan fingerprint density at radius 3 is 2.75 bits per heavy atom. The summed E-state index contributed by atoms with van der Waals surface area (Å²) in [6, 6.07) is 14.0. The van der Waals surface area contributed by atoms with Gasteiger partial charge in [0.25, 0.3) is 0 Å². The molecule has 1 N–H and O–H groups in total. The Balaban J connectivity index is 1.69. The van der Waals surface area contributed by atoms with Crippen LogP contribution in [0.3, 0.4) is 0 Å². The van der Waals surface area contributed by atoms with Gasteiger partial charge in [-0.2, -0.15) is 0 Å². The van der Waals surface area contributed by atoms with E-state index in [4.69, 9.17) is 9.52 Å². The molecule has 1 aliphatic heterocycles. The molecule has 1 aromatic heterocycles. The van der Waals surface area contributed by atoms with Crippen LogP contribution in [0.1, 0.15) is 24.2 Å². The van der Waals surface area contributed by atoms with Crippen LogP contribution in [0.2, 0.25) is 0 Å². The molecule has 0 amide bonds. The topological polar surface area (TPSA) is 53.7 Å². The number of benzene rings is 1. The summed E-state index contributed by atoms with van der Waals surface area (Å²) >= 11 is 0. The zero-order chi connectivity index (χ0) is 16.8. The molecule has 0 saturated heterocycles. The molecule has 0 fully saturated rings. The van der Waals surface area contributed by atoms with Crippen LogP contribution in [0.25, 0.3) is 5.57 Å². The molecule has 4 heteroatoms. The van der Waals surface area contributed by atoms with Gasteiger partial charge < -0.3 is 9.52 Å². The molecule has 0 unspecified atom stereocenters. The summed E-state index contributed by atoms with van der Waals surface area (Å²) in [5, 5.41) is 9.12. The van der Waals surface area contributed by atoms with Crippen LogP contribution in [0.5, 0.6) is 0 Å². The lowest BCUT2D eigenvalue weighted by Gasteiger charge is -2.25. The van der Waals surface area contributed by atoms with E-state index in [1.165, 1.54) is 0 Å². The first kappa shape index (κ1) is 16.3. The molecule has 3 rings (SSSR count). The molecule has 1 aromatic carbocycles. The van der Waals surface area contributed by atoms with E-state index in [9.17, 15) is 4.79 Å². The molecule has 0 bridgehead atoms. The largest absolute Gasteiger partial charge is 0.478 e. The molecule has 1 aliphatic rings. The van der Waals surface area contributed by atoms with Crippen molar-refractivity contribution in [3.63, 3.8) is 0 Å². The Hall–Kier alpha value is -2.59. The number of nitrogens with zero attached hydrogens (tertiary/aromatic N) is 1. The summed E-state index contributed by atoms with van der Waals surface area (Å²) < 4.78 is 5.57. The Labute approximate surface area is 141 Å². The van der Waals surface area contributed by atoms with E-state index in [0.717, 1.165) is 42.8 Å². The molecule has 4 nitrogen and oxygen atoms in total. The maximum Gasteiger partial charge on any atom is 0.332 e. The van der Waals surface area contributed by atoms with Crippen molar-refractivity contribution in [1.82, 2.24) is 4.90 Å². The highest BCUT2D eigenvalue weighted by Crippen LogP contribution is 2.24. The second kappa shape index (κ2) is 7.79. The normalized spacial score (nSPS) is 16.0. The van der Waals surface area contributed by atoms with Crippen LogP contribution in [0.15, 0.2) is 70.9 Å². The first-order valence-corrected chi connectivity index (χ1v) is 8.18. The third-order valence-corrected chi connectivity index (χ3v) is 4.17. The predicted octanol–water partition coefficient (Wildman–Crippen LogP) is 3.82. The van der Waals surface area contributed by atoms with Gasteiger partial charge in [-0.05, 0) is 30.5 Å². The summed E-state index contributed by atoms with van der Waals surface area (Å²) in [7, 11) is 0. The van der Waals surface area contributed by atoms with Crippen LogP contribution in [0.4, 0.5) is 0 Å². The fourth-order valence-corrected chi connectivity index (χ4v) is 2.95. The van der Waals surface area contributed by atoms with Crippen molar-refractivity contribution in [1.29, 1.82) is 0 Å². The fourth-order valence-electron chi connectivity index (χ4n) is 2.95. The maximum atomic E-state index is 11.1. The third kappa shape index (κ3) is 4.03. The standard InChI is InChI=1S/C20H21NO3/c22-20(23)17-9-4-12-21(15-17)13-5-10-18(19-11-6-14-24-19)16-7-2-1-3-8-16/h1-3,6-11,14H,4-5,12-13,15H2,(H,22,23). The predicted molar refractivity (Wildman–Crippen MR) is 93.6 cm³/mol. The quantitative estimate of drug-likeness (QED) is 0.878. The highest BCUT2D eigenvalue weighted by molar-refractivity contribution is 5.87. The van der Waals surface area contributed by atoms with Gasteiger partial charge in [-0.25, -0.2) is 4.79 Å². The van der Waals surface area contributed by atoms with Crippen molar-refractivity contribution in [2.24, 2.45) is 0 Å². The third-order valence-electron chi connectivity index (χ3n) is 4.17. The van der Waals surface area contributed by atoms with Gasteiger partial charge >= 0.3 is 5.97 Å². The van der Waals surface area contributed by atoms with Crippen molar-refractivity contribution in [3.05, 3.63) is 77.8 Å². The Morgan fingerprint density at radius 1 is 1.21 bits per heavy atom. The van der Waals surface area contributed by atoms with Crippen LogP contribution in [0, 0.1) is 0 Å². The number of carboxylic acid groups (broad SMARTS) is 1. The van der Waals surface area contributed by atoms with E-state index < -0.39 is 5.97 Å². The lowest BCUT2D eigenvalue weighted by molar-refractivity contribution is -0.133. The van der Waals surface area contributed by atoms with E-state index in [1.807, 2.05) is 36.4 Å². The zero-order valence-corrected chi connectivity index (χ0v) is 13.5. The van der Waals surface area contributed by atoms with Crippen LogP contribution >= 0.6 is 0 Å². The van der Waals surface area contributed by atoms with Crippen molar-refractivity contribution in [2.75, 3.05) is 19.6 Å². The highest BCUT2D eigenvalue weighted by atomic mass is 16.4. The van der Waals surface area contributed by atoms with Crippen LogP contribution in [-0.4, -0.2) is 35.6 Å². The zero-order valence-electron chi connectivity index (χ0n) is 13.5. The summed E-state index contributed by atoms with van der Waals surface area (Å²) in [5.74, 6) is 0.0433. The summed E-state index contributed by atoms with van der Waals surface area (Å²) in [5.41, 5.74) is 2.70. The van der Waals surface area contributed by atoms with E-state index >= 15 is 0 Å². The highest BCUT2D eigenvalue weighted by Gasteiger charge is 2.16. The van der Waals surface area contributed by atoms with Gasteiger partial charge in [0.15, 0.2) is 0 Å². The number of carbonyl (C=O) groups is 1. The summed E-state index contributed by atoms with van der Waals surface area (Å²) in [6.45, 7) is 2.26. The number of furan rings is 1. The molecule has 0 aliphatic carbocycles. The van der Waals surface area contributed by atoms with Gasteiger partial charge in [0.05, 0.1) is 6.26 Å². The maximum absolute atomic E-state index is 11.1. The Kier molecular flexibility index (Phi) is 5.29. The first-order chi connectivity index (χ1) is 11.7. The minimum Gasteiger partial charge on any atom is -0.478 e. The van der Waals surface area contributed by atoms with Crippen LogP contribution in [-0.2, 0) is 4.79 Å². The molecule has 0 atom stereocenters. The van der Waals surface area contributed by atoms with Gasteiger partial charge in [0.2, 0.25) is 0 Å². The number of carboxylic acids is 1. The second-order valence-corrected chi connectivity index (χ2v) is 5.85. The average Bonchev–Trinajstić information content (AvgIpc) is 3.14. The number of hydrogen-bond acceptors (Lipinski definition) is 3. The van der Waals surface area contributed by atoms with Gasteiger partial charge in [-0.3, -0.25) is 4.90 Å². The fraction of sp³-hybridized carbons (Fsp3) is 0.250. The van der Waals surface area contributed by atoms with Crippen LogP contribution < -0.4 is 0 Å². The Morgan fingerprint density at radius 2 is 2.04 bits per heavy atom. The Bertz CT molecular complexity index is 730. The lowest BCUT2D eigenvalue weighted by Crippen LogP contribution is -2.32. The van der Waals surface area contributed by atoms with E-state index in [0.29, 0.717) is 12.1 Å².